The summed E-state index contributed by atoms with van der Waals surface area (Å²) in [5.41, 5.74) is 0. The minimum atomic E-state index is -0.139. The van der Waals surface area contributed by atoms with Gasteiger partial charge in [0.2, 0.25) is 11.0 Å². The number of hydrogen-bond acceptors (Lipinski definition) is 6. The van der Waals surface area contributed by atoms with E-state index in [0.29, 0.717) is 6.54 Å². The van der Waals surface area contributed by atoms with Gasteiger partial charge in [-0.2, -0.15) is 0 Å². The second-order valence-corrected chi connectivity index (χ2v) is 6.38. The first-order chi connectivity index (χ1) is 9.12. The van der Waals surface area contributed by atoms with Gasteiger partial charge in [-0.15, -0.1) is 16.8 Å². The van der Waals surface area contributed by atoms with Crippen LogP contribution < -0.4 is 5.32 Å². The SMILES string of the molecule is C=CCNc1nnc(SC(C)C(=O)N(CC)CC)s1. The summed E-state index contributed by atoms with van der Waals surface area (Å²) < 4.78 is 0.805. The Morgan fingerprint density at radius 1 is 1.53 bits per heavy atom. The molecule has 0 radical (unpaired) electrons. The number of carbonyl (C=O) groups excluding carboxylic acids is 1. The number of nitrogens with zero attached hydrogens (tertiary/aromatic N) is 3. The first-order valence-corrected chi connectivity index (χ1v) is 7.95. The van der Waals surface area contributed by atoms with Gasteiger partial charge >= 0.3 is 0 Å². The quantitative estimate of drug-likeness (QED) is 0.590. The number of carbonyl (C=O) groups is 1. The Labute approximate surface area is 122 Å². The van der Waals surface area contributed by atoms with E-state index < -0.39 is 0 Å². The molecule has 1 aromatic rings. The van der Waals surface area contributed by atoms with Crippen molar-refractivity contribution >= 4 is 34.1 Å². The topological polar surface area (TPSA) is 58.1 Å². The minimum absolute atomic E-state index is 0.139. The average molecular weight is 300 g/mol. The molecule has 0 saturated heterocycles. The normalized spacial score (nSPS) is 11.9. The molecule has 7 heteroatoms. The van der Waals surface area contributed by atoms with Crippen LogP contribution in [-0.2, 0) is 4.79 Å². The van der Waals surface area contributed by atoms with Gasteiger partial charge in [-0.05, 0) is 20.8 Å². The van der Waals surface area contributed by atoms with Crippen molar-refractivity contribution in [3.05, 3.63) is 12.7 Å². The first kappa shape index (κ1) is 16.0. The van der Waals surface area contributed by atoms with Gasteiger partial charge in [0.1, 0.15) is 0 Å². The Morgan fingerprint density at radius 3 is 2.79 bits per heavy atom. The molecule has 1 amide bonds. The van der Waals surface area contributed by atoms with E-state index in [1.54, 1.807) is 6.08 Å². The molecular weight excluding hydrogens is 280 g/mol. The summed E-state index contributed by atoms with van der Waals surface area (Å²) in [4.78, 5) is 14.0. The summed E-state index contributed by atoms with van der Waals surface area (Å²) in [6, 6.07) is 0. The monoisotopic (exact) mass is 300 g/mol. The smallest absolute Gasteiger partial charge is 0.235 e. The van der Waals surface area contributed by atoms with Gasteiger partial charge in [0.15, 0.2) is 4.34 Å². The maximum atomic E-state index is 12.1. The van der Waals surface area contributed by atoms with E-state index in [-0.39, 0.29) is 11.2 Å². The number of rotatable bonds is 8. The molecule has 0 aliphatic carbocycles. The van der Waals surface area contributed by atoms with E-state index in [2.05, 4.69) is 22.1 Å². The molecule has 1 rings (SSSR count). The maximum absolute atomic E-state index is 12.1. The van der Waals surface area contributed by atoms with Crippen molar-refractivity contribution in [2.75, 3.05) is 25.0 Å². The lowest BCUT2D eigenvalue weighted by Gasteiger charge is -2.21. The minimum Gasteiger partial charge on any atom is -0.357 e. The molecule has 5 nitrogen and oxygen atoms in total. The Kier molecular flexibility index (Phi) is 6.86. The van der Waals surface area contributed by atoms with E-state index >= 15 is 0 Å². The largest absolute Gasteiger partial charge is 0.357 e. The second-order valence-electron chi connectivity index (χ2n) is 3.81. The zero-order chi connectivity index (χ0) is 14.3. The summed E-state index contributed by atoms with van der Waals surface area (Å²) in [5, 5.41) is 11.8. The van der Waals surface area contributed by atoms with Gasteiger partial charge in [-0.25, -0.2) is 0 Å². The summed E-state index contributed by atoms with van der Waals surface area (Å²) >= 11 is 2.91. The molecule has 1 aromatic heterocycles. The number of hydrogen-bond donors (Lipinski definition) is 1. The Bertz CT molecular complexity index is 418. The van der Waals surface area contributed by atoms with Crippen molar-refractivity contribution in [3.8, 4) is 0 Å². The maximum Gasteiger partial charge on any atom is 0.235 e. The fraction of sp³-hybridized carbons (Fsp3) is 0.583. The van der Waals surface area contributed by atoms with Gasteiger partial charge in [-0.3, -0.25) is 4.79 Å². The average Bonchev–Trinajstić information content (AvgIpc) is 2.85. The highest BCUT2D eigenvalue weighted by atomic mass is 32.2. The lowest BCUT2D eigenvalue weighted by atomic mass is 10.4. The Balaban J connectivity index is 2.56. The van der Waals surface area contributed by atoms with Crippen LogP contribution in [-0.4, -0.2) is 45.9 Å². The van der Waals surface area contributed by atoms with Crippen LogP contribution in [0.1, 0.15) is 20.8 Å². The molecule has 106 valence electrons. The molecule has 0 aliphatic heterocycles. The molecule has 1 atom stereocenters. The van der Waals surface area contributed by atoms with E-state index in [1.165, 1.54) is 23.1 Å². The predicted octanol–water partition coefficient (Wildman–Crippen LogP) is 2.49. The van der Waals surface area contributed by atoms with Gasteiger partial charge < -0.3 is 10.2 Å². The Hall–Kier alpha value is -1.08. The summed E-state index contributed by atoms with van der Waals surface area (Å²) in [5.74, 6) is 0.144. The van der Waals surface area contributed by atoms with Gasteiger partial charge in [-0.1, -0.05) is 29.2 Å². The van der Waals surface area contributed by atoms with Crippen LogP contribution in [0.25, 0.3) is 0 Å². The molecule has 19 heavy (non-hydrogen) atoms. The molecule has 0 saturated carbocycles. The van der Waals surface area contributed by atoms with E-state index in [0.717, 1.165) is 22.6 Å². The lowest BCUT2D eigenvalue weighted by Crippen LogP contribution is -2.36. The van der Waals surface area contributed by atoms with Crippen molar-refractivity contribution in [3.63, 3.8) is 0 Å². The van der Waals surface area contributed by atoms with Crippen molar-refractivity contribution in [2.45, 2.75) is 30.4 Å². The van der Waals surface area contributed by atoms with Crippen LogP contribution >= 0.6 is 23.1 Å². The third-order valence-corrected chi connectivity index (χ3v) is 4.56. The molecule has 1 unspecified atom stereocenters. The van der Waals surface area contributed by atoms with Crippen LogP contribution in [0.5, 0.6) is 0 Å². The fourth-order valence-corrected chi connectivity index (χ4v) is 3.47. The zero-order valence-corrected chi connectivity index (χ0v) is 13.2. The standard InChI is InChI=1S/C12H20N4OS2/c1-5-8-13-11-14-15-12(19-11)18-9(4)10(17)16(6-2)7-3/h5,9H,1,6-8H2,2-4H3,(H,13,14). The Morgan fingerprint density at radius 2 is 2.21 bits per heavy atom. The number of anilines is 1. The van der Waals surface area contributed by atoms with Gasteiger partial charge in [0.25, 0.3) is 0 Å². The summed E-state index contributed by atoms with van der Waals surface area (Å²) in [6.45, 7) is 11.6. The van der Waals surface area contributed by atoms with Crippen LogP contribution in [0.15, 0.2) is 17.0 Å². The van der Waals surface area contributed by atoms with Crippen LogP contribution in [0.4, 0.5) is 5.13 Å². The van der Waals surface area contributed by atoms with Crippen molar-refractivity contribution < 1.29 is 4.79 Å². The van der Waals surface area contributed by atoms with Gasteiger partial charge in [0, 0.05) is 19.6 Å². The number of thioether (sulfide) groups is 1. The predicted molar refractivity (Wildman–Crippen MR) is 81.8 cm³/mol. The summed E-state index contributed by atoms with van der Waals surface area (Å²) in [7, 11) is 0. The molecule has 0 bridgehead atoms. The second kappa shape index (κ2) is 8.16. The van der Waals surface area contributed by atoms with Gasteiger partial charge in [0.05, 0.1) is 5.25 Å². The van der Waals surface area contributed by atoms with Crippen LogP contribution in [0.3, 0.4) is 0 Å². The highest BCUT2D eigenvalue weighted by Gasteiger charge is 2.20. The molecule has 0 fully saturated rings. The van der Waals surface area contributed by atoms with E-state index in [4.69, 9.17) is 0 Å². The summed E-state index contributed by atoms with van der Waals surface area (Å²) in [6.07, 6.45) is 1.76. The number of aromatic nitrogens is 2. The number of amides is 1. The van der Waals surface area contributed by atoms with E-state index in [1.807, 2.05) is 25.7 Å². The first-order valence-electron chi connectivity index (χ1n) is 6.26. The highest BCUT2D eigenvalue weighted by molar-refractivity contribution is 8.02. The molecule has 1 N–H and O–H groups in total. The molecule has 0 spiro atoms. The third-order valence-electron chi connectivity index (χ3n) is 2.50. The molecule has 0 aromatic carbocycles. The number of nitrogens with one attached hydrogen (secondary N) is 1. The zero-order valence-electron chi connectivity index (χ0n) is 11.5. The van der Waals surface area contributed by atoms with Crippen LogP contribution in [0.2, 0.25) is 0 Å². The molecule has 1 heterocycles. The van der Waals surface area contributed by atoms with Crippen molar-refractivity contribution in [1.29, 1.82) is 0 Å². The van der Waals surface area contributed by atoms with E-state index in [9.17, 15) is 4.79 Å². The molecule has 0 aliphatic rings. The lowest BCUT2D eigenvalue weighted by molar-refractivity contribution is -0.129. The van der Waals surface area contributed by atoms with Crippen LogP contribution in [0, 0.1) is 0 Å². The molecular formula is C12H20N4OS2. The fourth-order valence-electron chi connectivity index (χ4n) is 1.48. The highest BCUT2D eigenvalue weighted by Crippen LogP contribution is 2.29. The third kappa shape index (κ3) is 4.83. The van der Waals surface area contributed by atoms with Crippen molar-refractivity contribution in [1.82, 2.24) is 15.1 Å². The van der Waals surface area contributed by atoms with Crippen molar-refractivity contribution in [2.24, 2.45) is 0 Å².